The summed E-state index contributed by atoms with van der Waals surface area (Å²) >= 11 is 0. The largest absolute Gasteiger partial charge is 0.461 e. The lowest BCUT2D eigenvalue weighted by molar-refractivity contribution is 0.222. The first-order chi connectivity index (χ1) is 15.0. The van der Waals surface area contributed by atoms with E-state index in [1.165, 1.54) is 34.4 Å². The zero-order chi connectivity index (χ0) is 21.4. The number of para-hydroxylation sites is 1. The predicted octanol–water partition coefficient (Wildman–Crippen LogP) is 4.31. The van der Waals surface area contributed by atoms with Gasteiger partial charge in [0.15, 0.2) is 5.82 Å². The van der Waals surface area contributed by atoms with Crippen molar-refractivity contribution >= 4 is 16.9 Å². The second kappa shape index (κ2) is 7.94. The molecule has 8 heteroatoms. The molecule has 0 saturated heterocycles. The van der Waals surface area contributed by atoms with E-state index in [0.29, 0.717) is 17.3 Å². The average Bonchev–Trinajstić information content (AvgIpc) is 3.11. The van der Waals surface area contributed by atoms with Crippen molar-refractivity contribution in [2.24, 2.45) is 0 Å². The van der Waals surface area contributed by atoms with Crippen LogP contribution in [-0.2, 0) is 12.8 Å². The van der Waals surface area contributed by atoms with E-state index in [1.54, 1.807) is 0 Å². The van der Waals surface area contributed by atoms with Gasteiger partial charge in [-0.25, -0.2) is 4.39 Å². The average molecular weight is 418 g/mol. The number of hydrogen-bond acceptors (Lipinski definition) is 6. The van der Waals surface area contributed by atoms with E-state index in [2.05, 4.69) is 48.4 Å². The van der Waals surface area contributed by atoms with Gasteiger partial charge in [0, 0.05) is 34.4 Å². The van der Waals surface area contributed by atoms with Crippen LogP contribution in [0.4, 0.5) is 10.3 Å². The summed E-state index contributed by atoms with van der Waals surface area (Å²) in [4.78, 5) is 20.8. The number of benzene rings is 1. The molecule has 0 amide bonds. The highest BCUT2D eigenvalue weighted by Gasteiger charge is 2.23. The minimum Gasteiger partial charge on any atom is -0.461 e. The fourth-order valence-corrected chi connectivity index (χ4v) is 4.02. The molecular formula is C23H23FN6O. The number of pyridine rings is 1. The minimum absolute atomic E-state index is 0.0998. The van der Waals surface area contributed by atoms with E-state index in [1.807, 2.05) is 19.9 Å². The van der Waals surface area contributed by atoms with Gasteiger partial charge in [-0.2, -0.15) is 15.0 Å². The van der Waals surface area contributed by atoms with E-state index in [-0.39, 0.29) is 18.2 Å². The molecule has 5 rings (SSSR count). The molecule has 158 valence electrons. The van der Waals surface area contributed by atoms with Crippen molar-refractivity contribution in [1.82, 2.24) is 24.9 Å². The fraction of sp³-hybridized carbons (Fsp3) is 0.304. The van der Waals surface area contributed by atoms with Gasteiger partial charge in [-0.15, -0.1) is 0 Å². The van der Waals surface area contributed by atoms with Gasteiger partial charge in [0.1, 0.15) is 5.82 Å². The van der Waals surface area contributed by atoms with Gasteiger partial charge in [0.05, 0.1) is 12.3 Å². The topological polar surface area (TPSA) is 88.6 Å². The molecule has 0 unspecified atom stereocenters. The molecule has 0 radical (unpaired) electrons. The predicted molar refractivity (Wildman–Crippen MR) is 117 cm³/mol. The number of aromatic nitrogens is 5. The number of nitrogens with one attached hydrogen (secondary N) is 2. The highest BCUT2D eigenvalue weighted by molar-refractivity contribution is 5.85. The Balaban J connectivity index is 1.45. The highest BCUT2D eigenvalue weighted by Crippen LogP contribution is 2.30. The van der Waals surface area contributed by atoms with E-state index < -0.39 is 5.82 Å². The summed E-state index contributed by atoms with van der Waals surface area (Å²) in [6, 6.07) is 10.1. The number of fused-ring (bicyclic) bond motifs is 3. The zero-order valence-electron chi connectivity index (χ0n) is 17.4. The summed E-state index contributed by atoms with van der Waals surface area (Å²) in [5.74, 6) is 0.292. The molecule has 4 aromatic rings. The molecule has 0 saturated carbocycles. The Bertz CT molecular complexity index is 1240. The Morgan fingerprint density at radius 1 is 1.16 bits per heavy atom. The van der Waals surface area contributed by atoms with Crippen molar-refractivity contribution in [3.8, 4) is 17.4 Å². The molecular weight excluding hydrogens is 395 g/mol. The summed E-state index contributed by atoms with van der Waals surface area (Å²) in [7, 11) is 0. The van der Waals surface area contributed by atoms with Crippen LogP contribution in [0.1, 0.15) is 31.5 Å². The number of anilines is 1. The SMILES string of the molecule is CC(C)Oc1nc(N[C@@H]2CCc3[nH]c4ccccc4c3C2)nc(-c2cncc(F)c2)n1. The zero-order valence-corrected chi connectivity index (χ0v) is 17.4. The Morgan fingerprint density at radius 3 is 2.87 bits per heavy atom. The lowest BCUT2D eigenvalue weighted by Crippen LogP contribution is -2.28. The maximum Gasteiger partial charge on any atom is 0.322 e. The summed E-state index contributed by atoms with van der Waals surface area (Å²) in [6.07, 6.45) is 5.33. The van der Waals surface area contributed by atoms with Crippen molar-refractivity contribution in [1.29, 1.82) is 0 Å². The molecule has 3 aromatic heterocycles. The first kappa shape index (κ1) is 19.4. The van der Waals surface area contributed by atoms with Gasteiger partial charge >= 0.3 is 6.01 Å². The number of aryl methyl sites for hydroxylation is 1. The smallest absolute Gasteiger partial charge is 0.322 e. The fourth-order valence-electron chi connectivity index (χ4n) is 4.02. The van der Waals surface area contributed by atoms with Crippen LogP contribution in [0.3, 0.4) is 0 Å². The van der Waals surface area contributed by atoms with Crippen LogP contribution in [-0.4, -0.2) is 37.1 Å². The van der Waals surface area contributed by atoms with Crippen molar-refractivity contribution in [2.75, 3.05) is 5.32 Å². The van der Waals surface area contributed by atoms with Crippen LogP contribution in [0.15, 0.2) is 42.7 Å². The van der Waals surface area contributed by atoms with Crippen LogP contribution < -0.4 is 10.1 Å². The van der Waals surface area contributed by atoms with E-state index >= 15 is 0 Å². The Labute approximate surface area is 179 Å². The summed E-state index contributed by atoms with van der Waals surface area (Å²) in [5, 5.41) is 4.70. The number of ether oxygens (including phenoxy) is 1. The van der Waals surface area contributed by atoms with E-state index in [9.17, 15) is 4.39 Å². The number of H-pyrrole nitrogens is 1. The van der Waals surface area contributed by atoms with Crippen molar-refractivity contribution < 1.29 is 9.13 Å². The maximum atomic E-state index is 13.7. The van der Waals surface area contributed by atoms with Gasteiger partial charge < -0.3 is 15.0 Å². The second-order valence-electron chi connectivity index (χ2n) is 8.04. The number of hydrogen-bond donors (Lipinski definition) is 2. The van der Waals surface area contributed by atoms with Crippen LogP contribution in [0.25, 0.3) is 22.3 Å². The van der Waals surface area contributed by atoms with Crippen molar-refractivity contribution in [2.45, 2.75) is 45.3 Å². The van der Waals surface area contributed by atoms with Crippen LogP contribution in [0.5, 0.6) is 6.01 Å². The third-order valence-electron chi connectivity index (χ3n) is 5.35. The quantitative estimate of drug-likeness (QED) is 0.502. The molecule has 3 heterocycles. The number of halogens is 1. The molecule has 1 aromatic carbocycles. The lowest BCUT2D eigenvalue weighted by Gasteiger charge is -2.24. The minimum atomic E-state index is -0.446. The first-order valence-corrected chi connectivity index (χ1v) is 10.4. The van der Waals surface area contributed by atoms with Gasteiger partial charge in [0.2, 0.25) is 5.95 Å². The molecule has 0 aliphatic heterocycles. The molecule has 0 bridgehead atoms. The van der Waals surface area contributed by atoms with Crippen molar-refractivity contribution in [3.05, 3.63) is 59.8 Å². The number of nitrogens with zero attached hydrogens (tertiary/aromatic N) is 4. The molecule has 0 fully saturated rings. The lowest BCUT2D eigenvalue weighted by atomic mass is 9.91. The van der Waals surface area contributed by atoms with E-state index in [0.717, 1.165) is 25.5 Å². The summed E-state index contributed by atoms with van der Waals surface area (Å²) < 4.78 is 19.4. The molecule has 7 nitrogen and oxygen atoms in total. The third kappa shape index (κ3) is 4.05. The number of aromatic amines is 1. The molecule has 1 aliphatic rings. The first-order valence-electron chi connectivity index (χ1n) is 10.4. The van der Waals surface area contributed by atoms with Gasteiger partial charge in [0.25, 0.3) is 0 Å². The molecule has 31 heavy (non-hydrogen) atoms. The highest BCUT2D eigenvalue weighted by atomic mass is 19.1. The van der Waals surface area contributed by atoms with Crippen LogP contribution in [0, 0.1) is 5.82 Å². The maximum absolute atomic E-state index is 13.7. The molecule has 1 atom stereocenters. The Kier molecular flexibility index (Phi) is 4.97. The number of rotatable bonds is 5. The normalized spacial score (nSPS) is 15.8. The molecule has 0 spiro atoms. The van der Waals surface area contributed by atoms with Crippen LogP contribution in [0.2, 0.25) is 0 Å². The standard InChI is InChI=1S/C23H23FN6O/c1-13(2)31-23-29-21(14-9-15(24)12-25-11-14)28-22(30-23)26-16-7-8-20-18(10-16)17-5-3-4-6-19(17)27-20/h3-6,9,11-13,16,27H,7-8,10H2,1-2H3,(H,26,28,29,30)/t16-/m1/s1. The monoisotopic (exact) mass is 418 g/mol. The molecule has 1 aliphatic carbocycles. The second-order valence-corrected chi connectivity index (χ2v) is 8.04. The third-order valence-corrected chi connectivity index (χ3v) is 5.35. The van der Waals surface area contributed by atoms with Crippen molar-refractivity contribution in [3.63, 3.8) is 0 Å². The van der Waals surface area contributed by atoms with Crippen LogP contribution >= 0.6 is 0 Å². The van der Waals surface area contributed by atoms with E-state index in [4.69, 9.17) is 4.74 Å². The molecule has 2 N–H and O–H groups in total. The summed E-state index contributed by atoms with van der Waals surface area (Å²) in [6.45, 7) is 3.81. The van der Waals surface area contributed by atoms with Gasteiger partial charge in [-0.05, 0) is 50.8 Å². The Morgan fingerprint density at radius 2 is 2.03 bits per heavy atom. The summed E-state index contributed by atoms with van der Waals surface area (Å²) in [5.41, 5.74) is 4.27. The van der Waals surface area contributed by atoms with Gasteiger partial charge in [-0.3, -0.25) is 4.98 Å². The van der Waals surface area contributed by atoms with Gasteiger partial charge in [-0.1, -0.05) is 18.2 Å². The Hall–Kier alpha value is -3.55.